The summed E-state index contributed by atoms with van der Waals surface area (Å²) in [6.45, 7) is 6.27. The molecule has 0 aliphatic carbocycles. The van der Waals surface area contributed by atoms with Crippen LogP contribution >= 0.6 is 15.9 Å². The van der Waals surface area contributed by atoms with Crippen LogP contribution in [0.1, 0.15) is 11.1 Å². The van der Waals surface area contributed by atoms with Crippen LogP contribution < -0.4 is 9.47 Å². The maximum absolute atomic E-state index is 5.52. The molecule has 2 aromatic rings. The lowest BCUT2D eigenvalue weighted by atomic mass is 10.1. The van der Waals surface area contributed by atoms with E-state index in [4.69, 9.17) is 9.47 Å². The lowest BCUT2D eigenvalue weighted by molar-refractivity contribution is 0.121. The van der Waals surface area contributed by atoms with Gasteiger partial charge in [0.1, 0.15) is 11.5 Å². The molecule has 0 radical (unpaired) electrons. The molecule has 1 aliphatic rings. The topological polar surface area (TPSA) is 24.9 Å². The smallest absolute Gasteiger partial charge is 0.127 e. The average molecular weight is 405 g/mol. The van der Waals surface area contributed by atoms with Gasteiger partial charge in [0.25, 0.3) is 0 Å². The van der Waals surface area contributed by atoms with Gasteiger partial charge >= 0.3 is 0 Å². The van der Waals surface area contributed by atoms with Gasteiger partial charge in [-0.1, -0.05) is 34.1 Å². The van der Waals surface area contributed by atoms with Crippen molar-refractivity contribution in [3.63, 3.8) is 0 Å². The number of halogens is 1. The molecule has 1 fully saturated rings. The summed E-state index contributed by atoms with van der Waals surface area (Å²) in [4.78, 5) is 5.01. The molecule has 2 aromatic carbocycles. The maximum Gasteiger partial charge on any atom is 0.127 e. The first-order valence-corrected chi connectivity index (χ1v) is 9.37. The molecule has 0 N–H and O–H groups in total. The molecule has 1 saturated heterocycles. The lowest BCUT2D eigenvalue weighted by Crippen LogP contribution is -2.45. The third-order valence-electron chi connectivity index (χ3n) is 4.67. The Balaban J connectivity index is 1.53. The Labute approximate surface area is 158 Å². The molecule has 0 amide bonds. The highest BCUT2D eigenvalue weighted by atomic mass is 79.9. The maximum atomic E-state index is 5.52. The Kier molecular flexibility index (Phi) is 6.34. The largest absolute Gasteiger partial charge is 0.497 e. The minimum Gasteiger partial charge on any atom is -0.497 e. The third-order valence-corrected chi connectivity index (χ3v) is 5.20. The molecule has 0 saturated carbocycles. The first kappa shape index (κ1) is 18.2. The predicted octanol–water partition coefficient (Wildman–Crippen LogP) is 3.78. The molecule has 0 unspecified atom stereocenters. The van der Waals surface area contributed by atoms with Crippen molar-refractivity contribution in [3.05, 3.63) is 58.1 Å². The summed E-state index contributed by atoms with van der Waals surface area (Å²) in [6, 6.07) is 14.7. The van der Waals surface area contributed by atoms with Gasteiger partial charge in [0.05, 0.1) is 14.2 Å². The fourth-order valence-electron chi connectivity index (χ4n) is 3.18. The van der Waals surface area contributed by atoms with Gasteiger partial charge in [-0.25, -0.2) is 0 Å². The third kappa shape index (κ3) is 4.97. The Morgan fingerprint density at radius 2 is 1.48 bits per heavy atom. The van der Waals surface area contributed by atoms with E-state index in [1.807, 2.05) is 12.1 Å². The van der Waals surface area contributed by atoms with Gasteiger partial charge in [-0.2, -0.15) is 0 Å². The van der Waals surface area contributed by atoms with Gasteiger partial charge in [-0.15, -0.1) is 0 Å². The number of hydrogen-bond donors (Lipinski definition) is 0. The fourth-order valence-corrected chi connectivity index (χ4v) is 3.44. The van der Waals surface area contributed by atoms with E-state index in [1.165, 1.54) is 11.1 Å². The first-order chi connectivity index (χ1) is 12.2. The van der Waals surface area contributed by atoms with Crippen LogP contribution in [0.25, 0.3) is 0 Å². The average Bonchev–Trinajstić information content (AvgIpc) is 2.65. The van der Waals surface area contributed by atoms with Crippen molar-refractivity contribution in [1.29, 1.82) is 0 Å². The quantitative estimate of drug-likeness (QED) is 0.730. The first-order valence-electron chi connectivity index (χ1n) is 8.58. The molecule has 134 valence electrons. The molecule has 25 heavy (non-hydrogen) atoms. The number of ether oxygens (including phenoxy) is 2. The Hall–Kier alpha value is -1.56. The van der Waals surface area contributed by atoms with Crippen LogP contribution in [0, 0.1) is 0 Å². The lowest BCUT2D eigenvalue weighted by Gasteiger charge is -2.35. The number of piperazine rings is 1. The van der Waals surface area contributed by atoms with Gasteiger partial charge in [0.15, 0.2) is 0 Å². The van der Waals surface area contributed by atoms with Crippen molar-refractivity contribution < 1.29 is 9.47 Å². The van der Waals surface area contributed by atoms with Crippen LogP contribution in [0.5, 0.6) is 11.5 Å². The molecular weight excluding hydrogens is 380 g/mol. The van der Waals surface area contributed by atoms with E-state index >= 15 is 0 Å². The minimum absolute atomic E-state index is 0.833. The van der Waals surface area contributed by atoms with E-state index in [0.717, 1.165) is 55.2 Å². The number of benzene rings is 2. The molecular formula is C20H25BrN2O2. The van der Waals surface area contributed by atoms with E-state index in [1.54, 1.807) is 14.2 Å². The van der Waals surface area contributed by atoms with Crippen LogP contribution in [0.4, 0.5) is 0 Å². The Morgan fingerprint density at radius 3 is 2.08 bits per heavy atom. The van der Waals surface area contributed by atoms with E-state index < -0.39 is 0 Å². The number of methoxy groups -OCH3 is 2. The molecule has 0 aromatic heterocycles. The second-order valence-corrected chi connectivity index (χ2v) is 7.27. The van der Waals surface area contributed by atoms with Crippen molar-refractivity contribution in [2.24, 2.45) is 0 Å². The van der Waals surface area contributed by atoms with Gasteiger partial charge in [0, 0.05) is 55.4 Å². The molecule has 0 spiro atoms. The molecule has 0 bridgehead atoms. The monoisotopic (exact) mass is 404 g/mol. The van der Waals surface area contributed by atoms with Crippen molar-refractivity contribution in [2.75, 3.05) is 40.4 Å². The van der Waals surface area contributed by atoms with Gasteiger partial charge in [0.2, 0.25) is 0 Å². The van der Waals surface area contributed by atoms with Crippen molar-refractivity contribution in [3.8, 4) is 11.5 Å². The summed E-state index contributed by atoms with van der Waals surface area (Å²) in [5.41, 5.74) is 2.58. The molecule has 3 rings (SSSR count). The number of hydrogen-bond acceptors (Lipinski definition) is 4. The van der Waals surface area contributed by atoms with E-state index in [-0.39, 0.29) is 0 Å². The number of rotatable bonds is 6. The van der Waals surface area contributed by atoms with Crippen molar-refractivity contribution >= 4 is 15.9 Å². The minimum atomic E-state index is 0.833. The molecule has 0 atom stereocenters. The van der Waals surface area contributed by atoms with Crippen molar-refractivity contribution in [2.45, 2.75) is 13.1 Å². The molecule has 4 nitrogen and oxygen atoms in total. The summed E-state index contributed by atoms with van der Waals surface area (Å²) in [5, 5.41) is 0. The van der Waals surface area contributed by atoms with Crippen LogP contribution in [0.3, 0.4) is 0 Å². The van der Waals surface area contributed by atoms with Gasteiger partial charge < -0.3 is 9.47 Å². The molecule has 5 heteroatoms. The Morgan fingerprint density at radius 1 is 0.840 bits per heavy atom. The van der Waals surface area contributed by atoms with E-state index in [9.17, 15) is 0 Å². The second kappa shape index (κ2) is 8.70. The fraction of sp³-hybridized carbons (Fsp3) is 0.400. The standard InChI is InChI=1S/C20H25BrN2O2/c1-24-19-8-5-17(20(13-19)25-2)15-23-11-9-22(10-12-23)14-16-3-6-18(21)7-4-16/h3-8,13H,9-12,14-15H2,1-2H3. The highest BCUT2D eigenvalue weighted by Gasteiger charge is 2.18. The van der Waals surface area contributed by atoms with E-state index in [0.29, 0.717) is 0 Å². The summed E-state index contributed by atoms with van der Waals surface area (Å²) < 4.78 is 11.9. The highest BCUT2D eigenvalue weighted by Crippen LogP contribution is 2.26. The zero-order valence-corrected chi connectivity index (χ0v) is 16.5. The van der Waals surface area contributed by atoms with Crippen LogP contribution in [-0.2, 0) is 13.1 Å². The van der Waals surface area contributed by atoms with E-state index in [2.05, 4.69) is 56.1 Å². The van der Waals surface area contributed by atoms with Gasteiger partial charge in [-0.3, -0.25) is 9.80 Å². The molecule has 1 heterocycles. The van der Waals surface area contributed by atoms with Crippen LogP contribution in [0.15, 0.2) is 46.9 Å². The summed E-state index contributed by atoms with van der Waals surface area (Å²) >= 11 is 3.49. The number of nitrogens with zero attached hydrogens (tertiary/aromatic N) is 2. The van der Waals surface area contributed by atoms with Crippen LogP contribution in [-0.4, -0.2) is 50.2 Å². The second-order valence-electron chi connectivity index (χ2n) is 6.36. The predicted molar refractivity (Wildman–Crippen MR) is 104 cm³/mol. The summed E-state index contributed by atoms with van der Waals surface area (Å²) in [7, 11) is 3.40. The Bertz CT molecular complexity index is 683. The summed E-state index contributed by atoms with van der Waals surface area (Å²) in [5.74, 6) is 1.73. The SMILES string of the molecule is COc1ccc(CN2CCN(Cc3ccc(Br)cc3)CC2)c(OC)c1. The normalized spacial score (nSPS) is 16.0. The van der Waals surface area contributed by atoms with Crippen molar-refractivity contribution in [1.82, 2.24) is 9.80 Å². The zero-order chi connectivity index (χ0) is 17.6. The highest BCUT2D eigenvalue weighted by molar-refractivity contribution is 9.10. The van der Waals surface area contributed by atoms with Gasteiger partial charge in [-0.05, 0) is 23.8 Å². The molecule has 1 aliphatic heterocycles. The zero-order valence-electron chi connectivity index (χ0n) is 14.9. The summed E-state index contributed by atoms with van der Waals surface area (Å²) in [6.07, 6.45) is 0. The van der Waals surface area contributed by atoms with Crippen LogP contribution in [0.2, 0.25) is 0 Å².